The van der Waals surface area contributed by atoms with E-state index in [0.717, 1.165) is 16.9 Å². The van der Waals surface area contributed by atoms with Crippen LogP contribution in [0.15, 0.2) is 58.0 Å². The summed E-state index contributed by atoms with van der Waals surface area (Å²) in [6.07, 6.45) is -2.71. The maximum atomic E-state index is 13.9. The van der Waals surface area contributed by atoms with E-state index in [2.05, 4.69) is 5.10 Å². The Morgan fingerprint density at radius 3 is 2.52 bits per heavy atom. The van der Waals surface area contributed by atoms with E-state index in [1.165, 1.54) is 50.7 Å². The van der Waals surface area contributed by atoms with Crippen molar-refractivity contribution in [3.63, 3.8) is 0 Å². The number of hydrogen-bond donors (Lipinski definition) is 0. The zero-order valence-corrected chi connectivity index (χ0v) is 16.2. The van der Waals surface area contributed by atoms with Gasteiger partial charge >= 0.3 is 6.18 Å². The number of alkyl halides is 3. The van der Waals surface area contributed by atoms with Crippen molar-refractivity contribution in [2.75, 3.05) is 14.2 Å². The number of rotatable bonds is 4. The lowest BCUT2D eigenvalue weighted by Gasteiger charge is -2.14. The lowest BCUT2D eigenvalue weighted by atomic mass is 10.0. The highest BCUT2D eigenvalue weighted by Gasteiger charge is 2.40. The fourth-order valence-corrected chi connectivity index (χ4v) is 3.24. The zero-order valence-electron chi connectivity index (χ0n) is 16.2. The summed E-state index contributed by atoms with van der Waals surface area (Å²) in [5, 5.41) is 3.84. The van der Waals surface area contributed by atoms with Crippen LogP contribution in [0.2, 0.25) is 0 Å². The van der Waals surface area contributed by atoms with Gasteiger partial charge in [-0.05, 0) is 30.3 Å². The number of ether oxygens (including phenoxy) is 2. The van der Waals surface area contributed by atoms with Crippen LogP contribution in [-0.4, -0.2) is 24.0 Å². The smallest absolute Gasteiger partial charge is 0.450 e. The van der Waals surface area contributed by atoms with Gasteiger partial charge in [0.2, 0.25) is 16.9 Å². The standard InChI is InChI=1S/C21H14F4N2O4/c1-29-15-7-6-14-17(28)16(20(21(23,24)25)31-18(14)19(15)30-2)11-9-26-27(10-11)13-5-3-4-12(22)8-13/h3-10H,1-2H3. The van der Waals surface area contributed by atoms with Crippen molar-refractivity contribution in [3.8, 4) is 28.3 Å². The van der Waals surface area contributed by atoms with Gasteiger partial charge in [0.1, 0.15) is 5.82 Å². The minimum atomic E-state index is -4.99. The number of fused-ring (bicyclic) bond motifs is 1. The Hall–Kier alpha value is -3.82. The highest BCUT2D eigenvalue weighted by atomic mass is 19.4. The molecule has 0 aliphatic carbocycles. The Labute approximate surface area is 172 Å². The summed E-state index contributed by atoms with van der Waals surface area (Å²) in [7, 11) is 2.53. The summed E-state index contributed by atoms with van der Waals surface area (Å²) in [6.45, 7) is 0. The number of halogens is 4. The molecule has 4 rings (SSSR count). The molecule has 0 aliphatic rings. The first-order valence-electron chi connectivity index (χ1n) is 8.84. The average Bonchev–Trinajstić information content (AvgIpc) is 3.21. The van der Waals surface area contributed by atoms with Gasteiger partial charge in [-0.25, -0.2) is 9.07 Å². The lowest BCUT2D eigenvalue weighted by Crippen LogP contribution is -2.16. The largest absolute Gasteiger partial charge is 0.493 e. The van der Waals surface area contributed by atoms with Crippen LogP contribution in [0.5, 0.6) is 11.5 Å². The summed E-state index contributed by atoms with van der Waals surface area (Å²) >= 11 is 0. The molecule has 0 fully saturated rings. The summed E-state index contributed by atoms with van der Waals surface area (Å²) in [6, 6.07) is 8.01. The van der Waals surface area contributed by atoms with Crippen molar-refractivity contribution < 1.29 is 31.5 Å². The Balaban J connectivity index is 2.00. The second-order valence-corrected chi connectivity index (χ2v) is 6.46. The maximum Gasteiger partial charge on any atom is 0.450 e. The van der Waals surface area contributed by atoms with E-state index in [-0.39, 0.29) is 33.7 Å². The van der Waals surface area contributed by atoms with E-state index in [4.69, 9.17) is 13.9 Å². The SMILES string of the molecule is COc1ccc2c(=O)c(-c3cnn(-c4cccc(F)c4)c3)c(C(F)(F)F)oc2c1OC. The van der Waals surface area contributed by atoms with Crippen molar-refractivity contribution >= 4 is 11.0 Å². The third-order valence-electron chi connectivity index (χ3n) is 4.60. The van der Waals surface area contributed by atoms with Crippen molar-refractivity contribution in [2.45, 2.75) is 6.18 Å². The monoisotopic (exact) mass is 434 g/mol. The van der Waals surface area contributed by atoms with Gasteiger partial charge in [-0.2, -0.15) is 18.3 Å². The molecule has 0 saturated heterocycles. The van der Waals surface area contributed by atoms with Gasteiger partial charge in [0.25, 0.3) is 0 Å². The molecular formula is C21H14F4N2O4. The quantitative estimate of drug-likeness (QED) is 0.431. The summed E-state index contributed by atoms with van der Waals surface area (Å²) in [5.74, 6) is -2.07. The average molecular weight is 434 g/mol. The second kappa shape index (κ2) is 7.46. The van der Waals surface area contributed by atoms with Crippen LogP contribution in [0.25, 0.3) is 27.8 Å². The van der Waals surface area contributed by atoms with Crippen LogP contribution < -0.4 is 14.9 Å². The molecule has 0 aliphatic heterocycles. The van der Waals surface area contributed by atoms with Crippen molar-refractivity contribution in [2.24, 2.45) is 0 Å². The van der Waals surface area contributed by atoms with E-state index in [1.54, 1.807) is 0 Å². The van der Waals surface area contributed by atoms with Gasteiger partial charge in [0, 0.05) is 11.8 Å². The first-order valence-corrected chi connectivity index (χ1v) is 8.84. The molecule has 0 unspecified atom stereocenters. The normalized spacial score (nSPS) is 11.7. The van der Waals surface area contributed by atoms with E-state index in [9.17, 15) is 22.4 Å². The molecule has 0 bridgehead atoms. The molecule has 0 atom stereocenters. The van der Waals surface area contributed by atoms with Crippen molar-refractivity contribution in [1.29, 1.82) is 0 Å². The first kappa shape index (κ1) is 20.5. The number of methoxy groups -OCH3 is 2. The van der Waals surface area contributed by atoms with Crippen LogP contribution in [0.3, 0.4) is 0 Å². The van der Waals surface area contributed by atoms with Gasteiger partial charge < -0.3 is 13.9 Å². The summed E-state index contributed by atoms with van der Waals surface area (Å²) in [4.78, 5) is 13.1. The first-order chi connectivity index (χ1) is 14.7. The number of nitrogens with zero attached hydrogens (tertiary/aromatic N) is 2. The zero-order chi connectivity index (χ0) is 22.3. The Morgan fingerprint density at radius 1 is 1.10 bits per heavy atom. The number of aromatic nitrogens is 2. The maximum absolute atomic E-state index is 13.9. The molecule has 4 aromatic rings. The molecule has 10 heteroatoms. The third-order valence-corrected chi connectivity index (χ3v) is 4.60. The highest BCUT2D eigenvalue weighted by molar-refractivity contribution is 5.89. The molecule has 0 amide bonds. The fraction of sp³-hybridized carbons (Fsp3) is 0.143. The topological polar surface area (TPSA) is 66.5 Å². The minimum Gasteiger partial charge on any atom is -0.493 e. The number of benzene rings is 2. The van der Waals surface area contributed by atoms with E-state index in [1.807, 2.05) is 0 Å². The molecule has 2 aromatic heterocycles. The van der Waals surface area contributed by atoms with Gasteiger partial charge in [-0.3, -0.25) is 4.79 Å². The molecule has 0 spiro atoms. The molecule has 160 valence electrons. The van der Waals surface area contributed by atoms with Gasteiger partial charge in [-0.1, -0.05) is 6.07 Å². The van der Waals surface area contributed by atoms with Gasteiger partial charge in [0.15, 0.2) is 11.3 Å². The van der Waals surface area contributed by atoms with Crippen LogP contribution in [-0.2, 0) is 6.18 Å². The molecular weight excluding hydrogens is 420 g/mol. The lowest BCUT2D eigenvalue weighted by molar-refractivity contribution is -0.152. The minimum absolute atomic E-state index is 0.109. The summed E-state index contributed by atoms with van der Waals surface area (Å²) < 4.78 is 71.6. The van der Waals surface area contributed by atoms with Crippen LogP contribution >= 0.6 is 0 Å². The molecule has 2 heterocycles. The molecule has 2 aromatic carbocycles. The summed E-state index contributed by atoms with van der Waals surface area (Å²) in [5.41, 5.74) is -1.89. The van der Waals surface area contributed by atoms with Gasteiger partial charge in [-0.15, -0.1) is 0 Å². The van der Waals surface area contributed by atoms with E-state index in [0.29, 0.717) is 0 Å². The van der Waals surface area contributed by atoms with E-state index < -0.39 is 28.7 Å². The molecule has 0 N–H and O–H groups in total. The Kier molecular flexibility index (Phi) is 4.92. The predicted molar refractivity (Wildman–Crippen MR) is 103 cm³/mol. The Morgan fingerprint density at radius 2 is 1.87 bits per heavy atom. The Bertz CT molecular complexity index is 1340. The predicted octanol–water partition coefficient (Wildman–Crippen LogP) is 4.82. The fourth-order valence-electron chi connectivity index (χ4n) is 3.24. The van der Waals surface area contributed by atoms with Crippen molar-refractivity contribution in [3.05, 3.63) is 70.6 Å². The molecule has 31 heavy (non-hydrogen) atoms. The van der Waals surface area contributed by atoms with Crippen molar-refractivity contribution in [1.82, 2.24) is 9.78 Å². The van der Waals surface area contributed by atoms with Crippen LogP contribution in [0.4, 0.5) is 17.6 Å². The van der Waals surface area contributed by atoms with Gasteiger partial charge in [0.05, 0.1) is 37.1 Å². The highest BCUT2D eigenvalue weighted by Crippen LogP contribution is 2.41. The number of hydrogen-bond acceptors (Lipinski definition) is 5. The van der Waals surface area contributed by atoms with E-state index >= 15 is 0 Å². The second-order valence-electron chi connectivity index (χ2n) is 6.46. The van der Waals surface area contributed by atoms with Crippen LogP contribution in [0.1, 0.15) is 5.76 Å². The molecule has 0 saturated carbocycles. The third kappa shape index (κ3) is 3.49. The molecule has 0 radical (unpaired) electrons. The molecule has 6 nitrogen and oxygen atoms in total. The van der Waals surface area contributed by atoms with Crippen LogP contribution in [0, 0.1) is 5.82 Å².